The lowest BCUT2D eigenvalue weighted by atomic mass is 9.72. The monoisotopic (exact) mass is 434 g/mol. The summed E-state index contributed by atoms with van der Waals surface area (Å²) in [6, 6.07) is 10.8. The van der Waals surface area contributed by atoms with E-state index in [1.165, 1.54) is 6.07 Å². The zero-order chi connectivity index (χ0) is 21.7. The smallest absolute Gasteiger partial charge is 0.254 e. The molecule has 1 saturated carbocycles. The molecule has 0 spiro atoms. The van der Waals surface area contributed by atoms with Crippen LogP contribution in [0.2, 0.25) is 5.02 Å². The number of amides is 1. The molecule has 1 amide bonds. The Morgan fingerprint density at radius 3 is 2.37 bits per heavy atom. The molecule has 2 aromatic carbocycles. The fourth-order valence-corrected chi connectivity index (χ4v) is 4.46. The van der Waals surface area contributed by atoms with E-state index in [9.17, 15) is 13.6 Å². The highest BCUT2D eigenvalue weighted by Gasteiger charge is 2.33. The van der Waals surface area contributed by atoms with Crippen LogP contribution in [0.15, 0.2) is 42.5 Å². The van der Waals surface area contributed by atoms with E-state index in [-0.39, 0.29) is 11.1 Å². The van der Waals surface area contributed by atoms with Crippen LogP contribution in [0.4, 0.5) is 14.5 Å². The van der Waals surface area contributed by atoms with E-state index in [1.54, 1.807) is 0 Å². The van der Waals surface area contributed by atoms with Gasteiger partial charge in [0.25, 0.3) is 5.91 Å². The van der Waals surface area contributed by atoms with Gasteiger partial charge in [-0.05, 0) is 81.3 Å². The SMILES string of the molecule is CC(C)(Nc1ccc(Cl)cc1)C1CCC(CCNC(=O)c2ccc(F)cc2F)CC1. The van der Waals surface area contributed by atoms with Crippen molar-refractivity contribution in [3.63, 3.8) is 0 Å². The second-order valence-corrected chi connectivity index (χ2v) is 9.18. The number of halogens is 3. The van der Waals surface area contributed by atoms with Crippen LogP contribution in [0.25, 0.3) is 0 Å². The normalized spacial score (nSPS) is 19.4. The number of carbonyl (C=O) groups is 1. The van der Waals surface area contributed by atoms with Crippen molar-refractivity contribution in [1.29, 1.82) is 0 Å². The summed E-state index contributed by atoms with van der Waals surface area (Å²) >= 11 is 5.97. The summed E-state index contributed by atoms with van der Waals surface area (Å²) in [5, 5.41) is 7.13. The highest BCUT2D eigenvalue weighted by molar-refractivity contribution is 6.30. The van der Waals surface area contributed by atoms with E-state index in [2.05, 4.69) is 24.5 Å². The van der Waals surface area contributed by atoms with Gasteiger partial charge in [0.05, 0.1) is 5.56 Å². The summed E-state index contributed by atoms with van der Waals surface area (Å²) in [5.74, 6) is -0.898. The Morgan fingerprint density at radius 2 is 1.73 bits per heavy atom. The number of hydrogen-bond donors (Lipinski definition) is 2. The summed E-state index contributed by atoms with van der Waals surface area (Å²) in [5.41, 5.74) is 0.935. The second kappa shape index (κ2) is 9.78. The summed E-state index contributed by atoms with van der Waals surface area (Å²) in [7, 11) is 0. The Bertz CT molecular complexity index is 862. The van der Waals surface area contributed by atoms with Crippen LogP contribution in [0.3, 0.4) is 0 Å². The van der Waals surface area contributed by atoms with E-state index in [0.717, 1.165) is 54.9 Å². The Balaban J connectivity index is 1.42. The highest BCUT2D eigenvalue weighted by Crippen LogP contribution is 2.38. The van der Waals surface area contributed by atoms with Crippen molar-refractivity contribution in [3.8, 4) is 0 Å². The minimum atomic E-state index is -0.830. The number of benzene rings is 2. The predicted octanol–water partition coefficient (Wildman–Crippen LogP) is 6.44. The lowest BCUT2D eigenvalue weighted by molar-refractivity contribution is 0.0945. The Morgan fingerprint density at radius 1 is 1.07 bits per heavy atom. The minimum Gasteiger partial charge on any atom is -0.380 e. The zero-order valence-corrected chi connectivity index (χ0v) is 18.2. The van der Waals surface area contributed by atoms with E-state index in [0.29, 0.717) is 18.4 Å². The summed E-state index contributed by atoms with van der Waals surface area (Å²) in [6.45, 7) is 4.98. The Hall–Kier alpha value is -2.14. The van der Waals surface area contributed by atoms with Crippen molar-refractivity contribution in [3.05, 3.63) is 64.7 Å². The average molecular weight is 435 g/mol. The van der Waals surface area contributed by atoms with E-state index in [4.69, 9.17) is 11.6 Å². The van der Waals surface area contributed by atoms with Crippen LogP contribution in [0, 0.1) is 23.5 Å². The largest absolute Gasteiger partial charge is 0.380 e. The van der Waals surface area contributed by atoms with Crippen LogP contribution < -0.4 is 10.6 Å². The third-order valence-electron chi connectivity index (χ3n) is 6.19. The molecule has 2 N–H and O–H groups in total. The molecule has 6 heteroatoms. The van der Waals surface area contributed by atoms with Gasteiger partial charge in [-0.1, -0.05) is 24.4 Å². The maximum atomic E-state index is 13.7. The van der Waals surface area contributed by atoms with Gasteiger partial charge >= 0.3 is 0 Å². The van der Waals surface area contributed by atoms with E-state index >= 15 is 0 Å². The molecule has 0 heterocycles. The molecule has 0 aromatic heterocycles. The van der Waals surface area contributed by atoms with Crippen molar-refractivity contribution < 1.29 is 13.6 Å². The van der Waals surface area contributed by atoms with Gasteiger partial charge in [0, 0.05) is 28.9 Å². The number of anilines is 1. The molecule has 3 nitrogen and oxygen atoms in total. The van der Waals surface area contributed by atoms with Gasteiger partial charge in [-0.3, -0.25) is 4.79 Å². The zero-order valence-electron chi connectivity index (χ0n) is 17.5. The van der Waals surface area contributed by atoms with Crippen LogP contribution in [0.1, 0.15) is 56.3 Å². The van der Waals surface area contributed by atoms with Gasteiger partial charge < -0.3 is 10.6 Å². The van der Waals surface area contributed by atoms with Gasteiger partial charge in [-0.15, -0.1) is 0 Å². The predicted molar refractivity (Wildman–Crippen MR) is 118 cm³/mol. The van der Waals surface area contributed by atoms with E-state index < -0.39 is 17.5 Å². The Kier molecular flexibility index (Phi) is 7.35. The third kappa shape index (κ3) is 5.94. The lowest BCUT2D eigenvalue weighted by Gasteiger charge is -2.40. The fraction of sp³-hybridized carbons (Fsp3) is 0.458. The molecule has 162 valence electrons. The van der Waals surface area contributed by atoms with Crippen LogP contribution in [0.5, 0.6) is 0 Å². The topological polar surface area (TPSA) is 41.1 Å². The molecule has 2 aromatic rings. The lowest BCUT2D eigenvalue weighted by Crippen LogP contribution is -2.41. The third-order valence-corrected chi connectivity index (χ3v) is 6.44. The molecular weight excluding hydrogens is 406 g/mol. The number of rotatable bonds is 7. The molecule has 1 aliphatic carbocycles. The molecule has 0 saturated heterocycles. The first kappa shape index (κ1) is 22.5. The van der Waals surface area contributed by atoms with Crippen molar-refractivity contribution >= 4 is 23.2 Å². The van der Waals surface area contributed by atoms with E-state index in [1.807, 2.05) is 24.3 Å². The number of hydrogen-bond acceptors (Lipinski definition) is 2. The second-order valence-electron chi connectivity index (χ2n) is 8.74. The molecule has 0 bridgehead atoms. The van der Waals surface area contributed by atoms with Gasteiger partial charge in [0.2, 0.25) is 0 Å². The number of carbonyl (C=O) groups excluding carboxylic acids is 1. The molecule has 1 aliphatic rings. The van der Waals surface area contributed by atoms with Crippen molar-refractivity contribution in [2.24, 2.45) is 11.8 Å². The maximum absolute atomic E-state index is 13.7. The first-order chi connectivity index (χ1) is 14.2. The van der Waals surface area contributed by atoms with Crippen LogP contribution >= 0.6 is 11.6 Å². The summed E-state index contributed by atoms with van der Waals surface area (Å²) in [6.07, 6.45) is 5.33. The highest BCUT2D eigenvalue weighted by atomic mass is 35.5. The summed E-state index contributed by atoms with van der Waals surface area (Å²) < 4.78 is 26.7. The molecular formula is C24H29ClF2N2O. The summed E-state index contributed by atoms with van der Waals surface area (Å²) in [4.78, 5) is 12.1. The van der Waals surface area contributed by atoms with Crippen molar-refractivity contribution in [2.75, 3.05) is 11.9 Å². The minimum absolute atomic E-state index is 0.0207. The van der Waals surface area contributed by atoms with Crippen molar-refractivity contribution in [1.82, 2.24) is 5.32 Å². The van der Waals surface area contributed by atoms with Gasteiger partial charge in [-0.2, -0.15) is 0 Å². The van der Waals surface area contributed by atoms with Gasteiger partial charge in [0.1, 0.15) is 11.6 Å². The quantitative estimate of drug-likeness (QED) is 0.526. The first-order valence-corrected chi connectivity index (χ1v) is 10.9. The average Bonchev–Trinajstić information content (AvgIpc) is 2.70. The molecule has 30 heavy (non-hydrogen) atoms. The van der Waals surface area contributed by atoms with Gasteiger partial charge in [-0.25, -0.2) is 8.78 Å². The first-order valence-electron chi connectivity index (χ1n) is 10.5. The molecule has 0 atom stereocenters. The molecule has 0 aliphatic heterocycles. The fourth-order valence-electron chi connectivity index (χ4n) is 4.34. The van der Waals surface area contributed by atoms with Crippen LogP contribution in [-0.4, -0.2) is 18.0 Å². The van der Waals surface area contributed by atoms with Crippen LogP contribution in [-0.2, 0) is 0 Å². The molecule has 0 unspecified atom stereocenters. The molecule has 0 radical (unpaired) electrons. The maximum Gasteiger partial charge on any atom is 0.254 e. The molecule has 3 rings (SSSR count). The molecule has 1 fully saturated rings. The van der Waals surface area contributed by atoms with Gasteiger partial charge in [0.15, 0.2) is 0 Å². The van der Waals surface area contributed by atoms with Crippen molar-refractivity contribution in [2.45, 2.75) is 51.5 Å². The standard InChI is InChI=1S/C24H29ClF2N2O/c1-24(2,29-20-10-7-18(25)8-11-20)17-5-3-16(4-6-17)13-14-28-23(30)21-12-9-19(26)15-22(21)27/h7-12,15-17,29H,3-6,13-14H2,1-2H3,(H,28,30). The Labute approximate surface area is 182 Å². The number of nitrogens with one attached hydrogen (secondary N) is 2.